The summed E-state index contributed by atoms with van der Waals surface area (Å²) < 4.78 is 5.31. The van der Waals surface area contributed by atoms with Crippen molar-refractivity contribution in [1.29, 1.82) is 0 Å². The summed E-state index contributed by atoms with van der Waals surface area (Å²) in [4.78, 5) is 14.1. The first-order valence-electron chi connectivity index (χ1n) is 9.56. The molecule has 0 aromatic heterocycles. The number of piperidine rings is 1. The predicted molar refractivity (Wildman–Crippen MR) is 96.4 cm³/mol. The summed E-state index contributed by atoms with van der Waals surface area (Å²) in [5.41, 5.74) is 5.65. The zero-order valence-electron chi connectivity index (χ0n) is 15.6. The van der Waals surface area contributed by atoms with E-state index >= 15 is 0 Å². The quantitative estimate of drug-likeness (QED) is 0.489. The standard InChI is InChI=1S/C19H38N2O2/c1-19(2,3)23-18(22)13-9-7-5-4-6-8-10-14-21-15-11-12-17(20)16-21/h17H,4-16,20H2,1-3H3. The lowest BCUT2D eigenvalue weighted by atomic mass is 10.1. The van der Waals surface area contributed by atoms with Crippen molar-refractivity contribution in [2.75, 3.05) is 19.6 Å². The van der Waals surface area contributed by atoms with E-state index in [1.165, 1.54) is 58.0 Å². The topological polar surface area (TPSA) is 55.6 Å². The molecule has 136 valence electrons. The van der Waals surface area contributed by atoms with E-state index in [1.54, 1.807) is 0 Å². The van der Waals surface area contributed by atoms with Gasteiger partial charge in [0.15, 0.2) is 0 Å². The van der Waals surface area contributed by atoms with E-state index in [1.807, 2.05) is 20.8 Å². The summed E-state index contributed by atoms with van der Waals surface area (Å²) in [5.74, 6) is -0.0581. The molecule has 1 unspecified atom stereocenters. The van der Waals surface area contributed by atoms with Crippen LogP contribution in [0.25, 0.3) is 0 Å². The van der Waals surface area contributed by atoms with Gasteiger partial charge in [0, 0.05) is 19.0 Å². The van der Waals surface area contributed by atoms with Gasteiger partial charge in [0.25, 0.3) is 0 Å². The van der Waals surface area contributed by atoms with Crippen LogP contribution in [0.2, 0.25) is 0 Å². The highest BCUT2D eigenvalue weighted by atomic mass is 16.6. The first kappa shape index (κ1) is 20.4. The van der Waals surface area contributed by atoms with Gasteiger partial charge in [0.2, 0.25) is 0 Å². The van der Waals surface area contributed by atoms with E-state index in [4.69, 9.17) is 10.5 Å². The fourth-order valence-electron chi connectivity index (χ4n) is 3.18. The lowest BCUT2D eigenvalue weighted by Gasteiger charge is -2.30. The monoisotopic (exact) mass is 326 g/mol. The number of nitrogens with zero attached hydrogens (tertiary/aromatic N) is 1. The minimum absolute atomic E-state index is 0.0581. The molecular weight excluding hydrogens is 288 g/mol. The molecule has 1 atom stereocenters. The van der Waals surface area contributed by atoms with Crippen LogP contribution in [0.4, 0.5) is 0 Å². The molecule has 1 heterocycles. The summed E-state index contributed by atoms with van der Waals surface area (Å²) in [6, 6.07) is 0.397. The Labute approximate surface area is 143 Å². The zero-order valence-corrected chi connectivity index (χ0v) is 15.6. The molecule has 1 rings (SSSR count). The Balaban J connectivity index is 1.85. The van der Waals surface area contributed by atoms with E-state index in [2.05, 4.69) is 4.90 Å². The third kappa shape index (κ3) is 11.5. The second kappa shape index (κ2) is 11.0. The molecule has 1 fully saturated rings. The number of rotatable bonds is 10. The highest BCUT2D eigenvalue weighted by molar-refractivity contribution is 5.69. The zero-order chi connectivity index (χ0) is 17.1. The summed E-state index contributed by atoms with van der Waals surface area (Å²) in [7, 11) is 0. The van der Waals surface area contributed by atoms with Crippen molar-refractivity contribution < 1.29 is 9.53 Å². The van der Waals surface area contributed by atoms with E-state index in [0.717, 1.165) is 19.4 Å². The average Bonchev–Trinajstić information content (AvgIpc) is 2.43. The minimum Gasteiger partial charge on any atom is -0.460 e. The van der Waals surface area contributed by atoms with Crippen LogP contribution in [0.3, 0.4) is 0 Å². The largest absolute Gasteiger partial charge is 0.460 e. The normalized spacial score (nSPS) is 19.7. The molecule has 4 heteroatoms. The number of nitrogens with two attached hydrogens (primary N) is 1. The number of ether oxygens (including phenoxy) is 1. The second-order valence-electron chi connectivity index (χ2n) is 8.01. The van der Waals surface area contributed by atoms with Crippen LogP contribution in [0, 0.1) is 0 Å². The van der Waals surface area contributed by atoms with Crippen LogP contribution in [0.5, 0.6) is 0 Å². The molecule has 0 bridgehead atoms. The second-order valence-corrected chi connectivity index (χ2v) is 8.01. The molecule has 0 radical (unpaired) electrons. The molecule has 4 nitrogen and oxygen atoms in total. The summed E-state index contributed by atoms with van der Waals surface area (Å²) in [5, 5.41) is 0. The van der Waals surface area contributed by atoms with Gasteiger partial charge in [0.1, 0.15) is 5.60 Å². The first-order chi connectivity index (χ1) is 10.9. The molecule has 1 saturated heterocycles. The highest BCUT2D eigenvalue weighted by Crippen LogP contribution is 2.13. The molecule has 0 aliphatic carbocycles. The van der Waals surface area contributed by atoms with Crippen LogP contribution in [0.15, 0.2) is 0 Å². The van der Waals surface area contributed by atoms with Crippen molar-refractivity contribution >= 4 is 5.97 Å². The predicted octanol–water partition coefficient (Wildman–Crippen LogP) is 3.87. The van der Waals surface area contributed by atoms with Gasteiger partial charge in [-0.2, -0.15) is 0 Å². The van der Waals surface area contributed by atoms with Gasteiger partial charge >= 0.3 is 5.97 Å². The van der Waals surface area contributed by atoms with E-state index in [-0.39, 0.29) is 11.6 Å². The van der Waals surface area contributed by atoms with Gasteiger partial charge in [-0.25, -0.2) is 0 Å². The van der Waals surface area contributed by atoms with Crippen molar-refractivity contribution in [2.24, 2.45) is 5.73 Å². The van der Waals surface area contributed by atoms with Crippen LogP contribution >= 0.6 is 0 Å². The van der Waals surface area contributed by atoms with Gasteiger partial charge in [-0.3, -0.25) is 4.79 Å². The van der Waals surface area contributed by atoms with Crippen LogP contribution in [-0.4, -0.2) is 42.1 Å². The van der Waals surface area contributed by atoms with Gasteiger partial charge in [-0.05, 0) is 59.5 Å². The van der Waals surface area contributed by atoms with Gasteiger partial charge in [-0.15, -0.1) is 0 Å². The van der Waals surface area contributed by atoms with Crippen LogP contribution in [-0.2, 0) is 9.53 Å². The van der Waals surface area contributed by atoms with Crippen LogP contribution < -0.4 is 5.73 Å². The third-order valence-corrected chi connectivity index (χ3v) is 4.32. The maximum absolute atomic E-state index is 11.6. The molecular formula is C19H38N2O2. The van der Waals surface area contributed by atoms with E-state index in [0.29, 0.717) is 12.5 Å². The van der Waals surface area contributed by atoms with Crippen molar-refractivity contribution in [2.45, 2.75) is 96.6 Å². The Kier molecular flexibility index (Phi) is 9.80. The number of hydrogen-bond donors (Lipinski definition) is 1. The number of carbonyl (C=O) groups excluding carboxylic acids is 1. The molecule has 0 aromatic rings. The van der Waals surface area contributed by atoms with Crippen molar-refractivity contribution in [3.05, 3.63) is 0 Å². The van der Waals surface area contributed by atoms with Crippen molar-refractivity contribution in [1.82, 2.24) is 4.90 Å². The fraction of sp³-hybridized carbons (Fsp3) is 0.947. The van der Waals surface area contributed by atoms with Crippen molar-refractivity contribution in [3.8, 4) is 0 Å². The van der Waals surface area contributed by atoms with Gasteiger partial charge < -0.3 is 15.4 Å². The maximum Gasteiger partial charge on any atom is 0.306 e. The SMILES string of the molecule is CC(C)(C)OC(=O)CCCCCCCCCN1CCCC(N)C1. The number of unbranched alkanes of at least 4 members (excludes halogenated alkanes) is 6. The minimum atomic E-state index is -0.352. The Morgan fingerprint density at radius 3 is 2.30 bits per heavy atom. The van der Waals surface area contributed by atoms with Crippen LogP contribution in [0.1, 0.15) is 85.0 Å². The Bertz CT molecular complexity index is 326. The lowest BCUT2D eigenvalue weighted by molar-refractivity contribution is -0.154. The maximum atomic E-state index is 11.6. The molecule has 1 aliphatic rings. The van der Waals surface area contributed by atoms with E-state index in [9.17, 15) is 4.79 Å². The Morgan fingerprint density at radius 1 is 1.09 bits per heavy atom. The Morgan fingerprint density at radius 2 is 1.70 bits per heavy atom. The fourth-order valence-corrected chi connectivity index (χ4v) is 3.18. The molecule has 0 aromatic carbocycles. The highest BCUT2D eigenvalue weighted by Gasteiger charge is 2.16. The average molecular weight is 327 g/mol. The van der Waals surface area contributed by atoms with Gasteiger partial charge in [-0.1, -0.05) is 32.1 Å². The number of carbonyl (C=O) groups is 1. The van der Waals surface area contributed by atoms with Crippen molar-refractivity contribution in [3.63, 3.8) is 0 Å². The molecule has 2 N–H and O–H groups in total. The summed E-state index contributed by atoms with van der Waals surface area (Å²) >= 11 is 0. The summed E-state index contributed by atoms with van der Waals surface area (Å²) in [6.07, 6.45) is 11.6. The van der Waals surface area contributed by atoms with Gasteiger partial charge in [0.05, 0.1) is 0 Å². The molecule has 1 aliphatic heterocycles. The first-order valence-corrected chi connectivity index (χ1v) is 9.56. The molecule has 23 heavy (non-hydrogen) atoms. The number of esters is 1. The number of likely N-dealkylation sites (tertiary alicyclic amines) is 1. The lowest BCUT2D eigenvalue weighted by Crippen LogP contribution is -2.43. The van der Waals surface area contributed by atoms with E-state index < -0.39 is 0 Å². The molecule has 0 spiro atoms. The number of hydrogen-bond acceptors (Lipinski definition) is 4. The molecule has 0 amide bonds. The third-order valence-electron chi connectivity index (χ3n) is 4.32. The molecule has 0 saturated carbocycles. The Hall–Kier alpha value is -0.610. The summed E-state index contributed by atoms with van der Waals surface area (Å²) in [6.45, 7) is 9.29. The smallest absolute Gasteiger partial charge is 0.306 e.